The van der Waals surface area contributed by atoms with Gasteiger partial charge in [-0.05, 0) is 26.0 Å². The molecule has 0 aromatic heterocycles. The molecule has 0 atom stereocenters. The SMILES string of the molecule is C/C=C/COc1ccc([B-](F)(F)F)c(C)c1.[K+]. The zero-order valence-corrected chi connectivity index (χ0v) is 13.3. The molecule has 0 amide bonds. The van der Waals surface area contributed by atoms with Crippen molar-refractivity contribution in [3.05, 3.63) is 35.9 Å². The summed E-state index contributed by atoms with van der Waals surface area (Å²) in [7, 11) is 0. The van der Waals surface area contributed by atoms with Crippen LogP contribution in [0, 0.1) is 6.92 Å². The molecule has 17 heavy (non-hydrogen) atoms. The summed E-state index contributed by atoms with van der Waals surface area (Å²) < 4.78 is 42.7. The number of ether oxygens (including phenoxy) is 1. The summed E-state index contributed by atoms with van der Waals surface area (Å²) in [5.41, 5.74) is -0.358. The van der Waals surface area contributed by atoms with E-state index in [0.717, 1.165) is 6.07 Å². The molecule has 1 rings (SSSR count). The third-order valence-electron chi connectivity index (χ3n) is 2.18. The van der Waals surface area contributed by atoms with E-state index in [1.165, 1.54) is 19.1 Å². The van der Waals surface area contributed by atoms with Gasteiger partial charge in [0, 0.05) is 0 Å². The summed E-state index contributed by atoms with van der Waals surface area (Å²) in [6.07, 6.45) is 3.61. The predicted octanol–water partition coefficient (Wildman–Crippen LogP) is 0.00832. The van der Waals surface area contributed by atoms with E-state index in [4.69, 9.17) is 4.74 Å². The first-order chi connectivity index (χ1) is 7.45. The van der Waals surface area contributed by atoms with Crippen molar-refractivity contribution < 1.29 is 69.1 Å². The zero-order valence-electron chi connectivity index (χ0n) is 10.2. The van der Waals surface area contributed by atoms with E-state index in [1.807, 2.05) is 13.0 Å². The molecule has 88 valence electrons. The number of allylic oxidation sites excluding steroid dienone is 1. The molecule has 0 unspecified atom stereocenters. The van der Waals surface area contributed by atoms with Gasteiger partial charge in [-0.2, -0.15) is 0 Å². The Labute approximate surface area is 142 Å². The molecular formula is C11H13BF3KO. The fourth-order valence-electron chi connectivity index (χ4n) is 1.35. The summed E-state index contributed by atoms with van der Waals surface area (Å²) >= 11 is 0. The third kappa shape index (κ3) is 5.61. The van der Waals surface area contributed by atoms with Gasteiger partial charge in [0.15, 0.2) is 0 Å². The van der Waals surface area contributed by atoms with Crippen LogP contribution in [0.4, 0.5) is 12.9 Å². The number of hydrogen-bond donors (Lipinski definition) is 0. The number of benzene rings is 1. The maximum absolute atomic E-state index is 12.5. The molecule has 0 saturated carbocycles. The van der Waals surface area contributed by atoms with Gasteiger partial charge in [0.2, 0.25) is 0 Å². The van der Waals surface area contributed by atoms with Gasteiger partial charge in [-0.3, -0.25) is 0 Å². The second kappa shape index (κ2) is 7.63. The molecule has 1 aromatic rings. The second-order valence-electron chi connectivity index (χ2n) is 3.47. The van der Waals surface area contributed by atoms with Crippen LogP contribution in [0.15, 0.2) is 30.4 Å². The van der Waals surface area contributed by atoms with Crippen molar-refractivity contribution in [2.45, 2.75) is 13.8 Å². The first kappa shape index (κ1) is 17.3. The van der Waals surface area contributed by atoms with Crippen molar-refractivity contribution in [2.75, 3.05) is 6.61 Å². The van der Waals surface area contributed by atoms with E-state index < -0.39 is 12.4 Å². The average molecular weight is 268 g/mol. The number of halogens is 3. The van der Waals surface area contributed by atoms with Crippen molar-refractivity contribution in [1.29, 1.82) is 0 Å². The fraction of sp³-hybridized carbons (Fsp3) is 0.273. The molecular weight excluding hydrogens is 255 g/mol. The Balaban J connectivity index is 0.00000256. The molecule has 0 bridgehead atoms. The second-order valence-corrected chi connectivity index (χ2v) is 3.47. The number of hydrogen-bond acceptors (Lipinski definition) is 1. The van der Waals surface area contributed by atoms with Crippen LogP contribution >= 0.6 is 0 Å². The van der Waals surface area contributed by atoms with Gasteiger partial charge < -0.3 is 17.7 Å². The van der Waals surface area contributed by atoms with Gasteiger partial charge in [-0.1, -0.05) is 23.8 Å². The van der Waals surface area contributed by atoms with Crippen LogP contribution in [-0.4, -0.2) is 13.6 Å². The molecule has 1 aromatic carbocycles. The van der Waals surface area contributed by atoms with E-state index in [2.05, 4.69) is 0 Å². The van der Waals surface area contributed by atoms with Gasteiger partial charge in [0.1, 0.15) is 12.4 Å². The first-order valence-electron chi connectivity index (χ1n) is 4.99. The predicted molar refractivity (Wildman–Crippen MR) is 60.2 cm³/mol. The monoisotopic (exact) mass is 268 g/mol. The number of aryl methyl sites for hydroxylation is 1. The summed E-state index contributed by atoms with van der Waals surface area (Å²) in [5.74, 6) is 0.458. The van der Waals surface area contributed by atoms with Crippen LogP contribution in [0.2, 0.25) is 0 Å². The average Bonchev–Trinajstić information content (AvgIpc) is 2.16. The number of rotatable bonds is 4. The molecule has 0 fully saturated rings. The van der Waals surface area contributed by atoms with E-state index in [0.29, 0.717) is 12.4 Å². The minimum absolute atomic E-state index is 0. The Kier molecular flexibility index (Phi) is 7.75. The molecule has 0 saturated heterocycles. The van der Waals surface area contributed by atoms with Gasteiger partial charge in [0.25, 0.3) is 0 Å². The van der Waals surface area contributed by atoms with Crippen molar-refractivity contribution in [1.82, 2.24) is 0 Å². The summed E-state index contributed by atoms with van der Waals surface area (Å²) in [5, 5.41) is 0. The van der Waals surface area contributed by atoms with E-state index in [1.54, 1.807) is 6.08 Å². The first-order valence-corrected chi connectivity index (χ1v) is 4.99. The van der Waals surface area contributed by atoms with E-state index in [-0.39, 0.29) is 56.9 Å². The van der Waals surface area contributed by atoms with E-state index in [9.17, 15) is 12.9 Å². The largest absolute Gasteiger partial charge is 1.00 e. The van der Waals surface area contributed by atoms with Gasteiger partial charge in [-0.25, -0.2) is 0 Å². The molecule has 0 aliphatic carbocycles. The smallest absolute Gasteiger partial charge is 0.490 e. The Morgan fingerprint density at radius 3 is 2.41 bits per heavy atom. The summed E-state index contributed by atoms with van der Waals surface area (Å²) in [6.45, 7) is -1.28. The molecule has 0 aliphatic rings. The summed E-state index contributed by atoms with van der Waals surface area (Å²) in [4.78, 5) is 0. The van der Waals surface area contributed by atoms with Crippen LogP contribution < -0.4 is 61.6 Å². The topological polar surface area (TPSA) is 9.23 Å². The van der Waals surface area contributed by atoms with Crippen LogP contribution in [0.3, 0.4) is 0 Å². The molecule has 0 heterocycles. The minimum atomic E-state index is -4.93. The Morgan fingerprint density at radius 1 is 1.29 bits per heavy atom. The third-order valence-corrected chi connectivity index (χ3v) is 2.18. The van der Waals surface area contributed by atoms with Gasteiger partial charge >= 0.3 is 58.4 Å². The van der Waals surface area contributed by atoms with Crippen molar-refractivity contribution in [3.63, 3.8) is 0 Å². The van der Waals surface area contributed by atoms with Crippen LogP contribution in [0.1, 0.15) is 12.5 Å². The Morgan fingerprint density at radius 2 is 1.94 bits per heavy atom. The minimum Gasteiger partial charge on any atom is -0.490 e. The van der Waals surface area contributed by atoms with E-state index >= 15 is 0 Å². The molecule has 0 N–H and O–H groups in total. The van der Waals surface area contributed by atoms with Gasteiger partial charge in [-0.15, -0.1) is 5.46 Å². The zero-order chi connectivity index (χ0) is 12.2. The van der Waals surface area contributed by atoms with Crippen molar-refractivity contribution in [3.8, 4) is 5.75 Å². The maximum Gasteiger partial charge on any atom is 1.00 e. The molecule has 6 heteroatoms. The van der Waals surface area contributed by atoms with Crippen molar-refractivity contribution >= 4 is 12.4 Å². The van der Waals surface area contributed by atoms with Crippen molar-refractivity contribution in [2.24, 2.45) is 0 Å². The molecule has 0 radical (unpaired) electrons. The van der Waals surface area contributed by atoms with Crippen LogP contribution in [-0.2, 0) is 0 Å². The molecule has 0 aliphatic heterocycles. The normalized spacial score (nSPS) is 11.4. The Bertz CT molecular complexity index is 391. The molecule has 1 nitrogen and oxygen atoms in total. The van der Waals surface area contributed by atoms with Gasteiger partial charge in [0.05, 0.1) is 0 Å². The maximum atomic E-state index is 12.5. The quantitative estimate of drug-likeness (QED) is 0.552. The standard InChI is InChI=1S/C11H13BF3O.K/c1-3-4-7-16-10-5-6-11(9(2)8-10)12(13,14)15;/h3-6,8H,7H2,1-2H3;/q-1;+1/b4-3+;. The van der Waals surface area contributed by atoms with Crippen LogP contribution in [0.25, 0.3) is 0 Å². The van der Waals surface area contributed by atoms with Crippen LogP contribution in [0.5, 0.6) is 5.75 Å². The summed E-state index contributed by atoms with van der Waals surface area (Å²) in [6, 6.07) is 3.83. The Hall–Kier alpha value is 0.251. The molecule has 0 spiro atoms. The fourth-order valence-corrected chi connectivity index (χ4v) is 1.35.